The minimum Gasteiger partial charge on any atom is -0.365 e. The Labute approximate surface area is 176 Å². The van der Waals surface area contributed by atoms with E-state index in [-0.39, 0.29) is 0 Å². The van der Waals surface area contributed by atoms with Crippen molar-refractivity contribution in [3.63, 3.8) is 0 Å². The van der Waals surface area contributed by atoms with Crippen LogP contribution >= 0.6 is 0 Å². The first-order chi connectivity index (χ1) is 14.8. The van der Waals surface area contributed by atoms with Crippen LogP contribution in [0.15, 0.2) is 85.1 Å². The summed E-state index contributed by atoms with van der Waals surface area (Å²) in [6.07, 6.45) is 3.23. The summed E-state index contributed by atoms with van der Waals surface area (Å²) >= 11 is 0. The number of para-hydroxylation sites is 1. The van der Waals surface area contributed by atoms with Gasteiger partial charge in [-0.05, 0) is 47.9 Å². The maximum absolute atomic E-state index is 2.54. The molecule has 0 saturated carbocycles. The number of aryl methyl sites for hydroxylation is 1. The van der Waals surface area contributed by atoms with Gasteiger partial charge in [0.25, 0.3) is 0 Å². The van der Waals surface area contributed by atoms with Gasteiger partial charge in [0.2, 0.25) is 0 Å². The van der Waals surface area contributed by atoms with Crippen LogP contribution in [-0.2, 0) is 26.6 Å². The summed E-state index contributed by atoms with van der Waals surface area (Å²) in [7, 11) is 2.11. The lowest BCUT2D eigenvalue weighted by Gasteiger charge is -2.30. The summed E-state index contributed by atoms with van der Waals surface area (Å²) in [5, 5.41) is 2.73. The van der Waals surface area contributed by atoms with E-state index in [2.05, 4.69) is 106 Å². The van der Waals surface area contributed by atoms with E-state index in [4.69, 9.17) is 0 Å². The third-order valence-electron chi connectivity index (χ3n) is 6.58. The lowest BCUT2D eigenvalue weighted by molar-refractivity contribution is 0.668. The molecule has 0 spiro atoms. The molecule has 6 rings (SSSR count). The molecule has 3 heteroatoms. The highest BCUT2D eigenvalue weighted by Gasteiger charge is 2.24. The van der Waals surface area contributed by atoms with Crippen LogP contribution in [0.4, 0.5) is 5.69 Å². The smallest absolute Gasteiger partial charge is 0.0585 e. The Bertz CT molecular complexity index is 1360. The van der Waals surface area contributed by atoms with Gasteiger partial charge < -0.3 is 14.0 Å². The van der Waals surface area contributed by atoms with Crippen molar-refractivity contribution in [3.05, 3.63) is 102 Å². The minimum atomic E-state index is 0.919. The maximum atomic E-state index is 2.54. The molecule has 0 radical (unpaired) electrons. The number of aromatic nitrogens is 2. The summed E-state index contributed by atoms with van der Waals surface area (Å²) in [5.41, 5.74) is 8.29. The van der Waals surface area contributed by atoms with Gasteiger partial charge in [0.1, 0.15) is 0 Å². The molecule has 0 bridgehead atoms. The van der Waals surface area contributed by atoms with Crippen molar-refractivity contribution in [1.82, 2.24) is 9.13 Å². The van der Waals surface area contributed by atoms with Crippen molar-refractivity contribution >= 4 is 27.5 Å². The number of fused-ring (bicyclic) bond motifs is 4. The Hall–Kier alpha value is -3.46. The van der Waals surface area contributed by atoms with Crippen LogP contribution in [0, 0.1) is 0 Å². The Morgan fingerprint density at radius 2 is 1.67 bits per heavy atom. The van der Waals surface area contributed by atoms with Gasteiger partial charge in [0.15, 0.2) is 0 Å². The monoisotopic (exact) mass is 391 g/mol. The van der Waals surface area contributed by atoms with E-state index in [1.165, 1.54) is 44.3 Å². The second-order valence-corrected chi connectivity index (χ2v) is 8.36. The number of hydrogen-bond acceptors (Lipinski definition) is 1. The zero-order valence-corrected chi connectivity index (χ0v) is 17.3. The highest BCUT2D eigenvalue weighted by Crippen LogP contribution is 2.34. The highest BCUT2D eigenvalue weighted by atomic mass is 15.2. The molecule has 0 aliphatic carbocycles. The van der Waals surface area contributed by atoms with Crippen LogP contribution in [0.5, 0.6) is 0 Å². The summed E-state index contributed by atoms with van der Waals surface area (Å²) in [6.45, 7) is 2.93. The zero-order chi connectivity index (χ0) is 20.1. The third-order valence-corrected chi connectivity index (χ3v) is 6.58. The summed E-state index contributed by atoms with van der Waals surface area (Å²) < 4.78 is 4.72. The van der Waals surface area contributed by atoms with E-state index >= 15 is 0 Å². The van der Waals surface area contributed by atoms with E-state index < -0.39 is 0 Å². The minimum absolute atomic E-state index is 0.919. The first-order valence-electron chi connectivity index (χ1n) is 10.7. The predicted molar refractivity (Wildman–Crippen MR) is 125 cm³/mol. The predicted octanol–water partition coefficient (Wildman–Crippen LogP) is 5.74. The molecule has 0 fully saturated rings. The highest BCUT2D eigenvalue weighted by molar-refractivity contribution is 5.87. The standard InChI is InChI=1S/C27H25N3/c1-28-15-13-21-17-22(11-12-25(21)28)29-16-14-24-23-9-5-6-10-26(23)30(27(24)19-29)18-20-7-3-2-4-8-20/h2-13,15,17H,14,16,18-19H2,1H3. The second kappa shape index (κ2) is 6.81. The summed E-state index contributed by atoms with van der Waals surface area (Å²) in [5.74, 6) is 0. The number of benzene rings is 3. The van der Waals surface area contributed by atoms with Crippen LogP contribution in [0.2, 0.25) is 0 Å². The summed E-state index contributed by atoms with van der Waals surface area (Å²) in [6, 6.07) is 28.8. The molecule has 5 aromatic rings. The fourth-order valence-electron chi connectivity index (χ4n) is 5.03. The Kier molecular flexibility index (Phi) is 3.95. The maximum Gasteiger partial charge on any atom is 0.0585 e. The molecule has 0 unspecified atom stereocenters. The van der Waals surface area contributed by atoms with Crippen molar-refractivity contribution in [3.8, 4) is 0 Å². The molecule has 0 saturated heterocycles. The first-order valence-corrected chi connectivity index (χ1v) is 10.7. The number of hydrogen-bond donors (Lipinski definition) is 0. The fourth-order valence-corrected chi connectivity index (χ4v) is 5.03. The molecular weight excluding hydrogens is 366 g/mol. The summed E-state index contributed by atoms with van der Waals surface area (Å²) in [4.78, 5) is 2.54. The van der Waals surface area contributed by atoms with E-state index in [0.29, 0.717) is 0 Å². The molecule has 3 aromatic carbocycles. The average Bonchev–Trinajstić information content (AvgIpc) is 3.32. The lowest BCUT2D eigenvalue weighted by atomic mass is 10.0. The van der Waals surface area contributed by atoms with Gasteiger partial charge in [-0.3, -0.25) is 0 Å². The Balaban J connectivity index is 1.43. The van der Waals surface area contributed by atoms with Gasteiger partial charge in [0.05, 0.1) is 6.54 Å². The molecule has 30 heavy (non-hydrogen) atoms. The van der Waals surface area contributed by atoms with Crippen molar-refractivity contribution in [2.24, 2.45) is 7.05 Å². The third kappa shape index (κ3) is 2.73. The number of anilines is 1. The van der Waals surface area contributed by atoms with Crippen LogP contribution in [0.25, 0.3) is 21.8 Å². The van der Waals surface area contributed by atoms with E-state index in [1.807, 2.05) is 0 Å². The van der Waals surface area contributed by atoms with E-state index in [9.17, 15) is 0 Å². The van der Waals surface area contributed by atoms with Crippen molar-refractivity contribution < 1.29 is 0 Å². The Morgan fingerprint density at radius 3 is 2.57 bits per heavy atom. The van der Waals surface area contributed by atoms with Crippen LogP contribution in [0.1, 0.15) is 16.8 Å². The fraction of sp³-hybridized carbons (Fsp3) is 0.185. The van der Waals surface area contributed by atoms with E-state index in [0.717, 1.165) is 26.1 Å². The SMILES string of the molecule is Cn1ccc2cc(N3CCc4c(n(Cc5ccccc5)c5ccccc45)C3)ccc21. The zero-order valence-electron chi connectivity index (χ0n) is 17.3. The van der Waals surface area contributed by atoms with Gasteiger partial charge >= 0.3 is 0 Å². The molecule has 3 nitrogen and oxygen atoms in total. The van der Waals surface area contributed by atoms with Crippen LogP contribution < -0.4 is 4.90 Å². The topological polar surface area (TPSA) is 13.1 Å². The Morgan fingerprint density at radius 1 is 0.833 bits per heavy atom. The molecule has 2 aromatic heterocycles. The van der Waals surface area contributed by atoms with Gasteiger partial charge in [-0.2, -0.15) is 0 Å². The van der Waals surface area contributed by atoms with Gasteiger partial charge in [-0.1, -0.05) is 48.5 Å². The van der Waals surface area contributed by atoms with E-state index in [1.54, 1.807) is 0 Å². The molecule has 0 amide bonds. The van der Waals surface area contributed by atoms with Crippen LogP contribution in [-0.4, -0.2) is 15.7 Å². The van der Waals surface area contributed by atoms with Gasteiger partial charge in [0, 0.05) is 59.5 Å². The normalized spacial score (nSPS) is 13.8. The quantitative estimate of drug-likeness (QED) is 0.382. The number of nitrogens with zero attached hydrogens (tertiary/aromatic N) is 3. The lowest BCUT2D eigenvalue weighted by Crippen LogP contribution is -2.31. The molecule has 0 N–H and O–H groups in total. The molecule has 1 aliphatic heterocycles. The average molecular weight is 392 g/mol. The van der Waals surface area contributed by atoms with Crippen molar-refractivity contribution in [2.45, 2.75) is 19.5 Å². The second-order valence-electron chi connectivity index (χ2n) is 8.36. The van der Waals surface area contributed by atoms with Crippen molar-refractivity contribution in [1.29, 1.82) is 0 Å². The van der Waals surface area contributed by atoms with Crippen LogP contribution in [0.3, 0.4) is 0 Å². The van der Waals surface area contributed by atoms with Gasteiger partial charge in [-0.25, -0.2) is 0 Å². The molecule has 3 heterocycles. The molecular formula is C27H25N3. The largest absolute Gasteiger partial charge is 0.365 e. The molecule has 0 atom stereocenters. The first kappa shape index (κ1) is 17.4. The van der Waals surface area contributed by atoms with Gasteiger partial charge in [-0.15, -0.1) is 0 Å². The number of rotatable bonds is 3. The molecule has 148 valence electrons. The van der Waals surface area contributed by atoms with Crippen molar-refractivity contribution in [2.75, 3.05) is 11.4 Å². The molecule has 1 aliphatic rings.